The maximum absolute atomic E-state index is 12.2. The molecular weight excluding hydrogens is 254 g/mol. The van der Waals surface area contributed by atoms with E-state index in [0.717, 1.165) is 24.1 Å². The Bertz CT molecular complexity index is 646. The van der Waals surface area contributed by atoms with Crippen molar-refractivity contribution in [2.24, 2.45) is 0 Å². The molecule has 1 aromatic carbocycles. The minimum atomic E-state index is 0.0196. The highest BCUT2D eigenvalue weighted by Gasteiger charge is 2.10. The van der Waals surface area contributed by atoms with Crippen molar-refractivity contribution in [2.75, 3.05) is 13.2 Å². The zero-order valence-corrected chi connectivity index (χ0v) is 12.3. The fraction of sp³-hybridized carbons (Fsp3) is 0.438. The van der Waals surface area contributed by atoms with Crippen LogP contribution in [0.4, 0.5) is 0 Å². The van der Waals surface area contributed by atoms with Gasteiger partial charge < -0.3 is 14.5 Å². The summed E-state index contributed by atoms with van der Waals surface area (Å²) in [5.41, 5.74) is 1.77. The van der Waals surface area contributed by atoms with Crippen molar-refractivity contribution in [3.63, 3.8) is 0 Å². The molecule has 1 heterocycles. The summed E-state index contributed by atoms with van der Waals surface area (Å²) in [4.78, 5) is 15.5. The average molecular weight is 275 g/mol. The molecule has 0 radical (unpaired) electrons. The van der Waals surface area contributed by atoms with E-state index in [4.69, 9.17) is 9.47 Å². The van der Waals surface area contributed by atoms with Crippen molar-refractivity contribution in [1.82, 2.24) is 4.98 Å². The zero-order valence-electron chi connectivity index (χ0n) is 12.3. The number of benzene rings is 1. The number of aryl methyl sites for hydroxylation is 1. The Balaban J connectivity index is 2.60. The van der Waals surface area contributed by atoms with E-state index in [2.05, 4.69) is 11.9 Å². The van der Waals surface area contributed by atoms with Crippen LogP contribution in [0.3, 0.4) is 0 Å². The Morgan fingerprint density at radius 3 is 2.25 bits per heavy atom. The van der Waals surface area contributed by atoms with Crippen LogP contribution in [0, 0.1) is 0 Å². The lowest BCUT2D eigenvalue weighted by atomic mass is 10.1. The Labute approximate surface area is 118 Å². The van der Waals surface area contributed by atoms with Gasteiger partial charge in [-0.2, -0.15) is 0 Å². The van der Waals surface area contributed by atoms with Gasteiger partial charge in [0, 0.05) is 23.2 Å². The minimum Gasteiger partial charge on any atom is -0.490 e. The molecule has 0 spiro atoms. The van der Waals surface area contributed by atoms with Crippen LogP contribution in [0.15, 0.2) is 23.0 Å². The highest BCUT2D eigenvalue weighted by atomic mass is 16.5. The maximum atomic E-state index is 12.2. The molecule has 1 aromatic heterocycles. The summed E-state index contributed by atoms with van der Waals surface area (Å²) in [6, 6.07) is 5.28. The fourth-order valence-corrected chi connectivity index (χ4v) is 2.25. The molecule has 4 heteroatoms. The summed E-state index contributed by atoms with van der Waals surface area (Å²) in [6.07, 6.45) is 1.86. The molecule has 2 aromatic rings. The van der Waals surface area contributed by atoms with E-state index in [9.17, 15) is 4.79 Å². The van der Waals surface area contributed by atoms with Crippen molar-refractivity contribution < 1.29 is 9.47 Å². The van der Waals surface area contributed by atoms with Crippen LogP contribution in [0.1, 0.15) is 32.9 Å². The van der Waals surface area contributed by atoms with Crippen molar-refractivity contribution >= 4 is 10.9 Å². The molecule has 0 unspecified atom stereocenters. The molecule has 0 aliphatic heterocycles. The second-order valence-corrected chi connectivity index (χ2v) is 4.62. The van der Waals surface area contributed by atoms with Crippen LogP contribution >= 0.6 is 0 Å². The SMILES string of the molecule is CCCc1cc(=O)c2cc(OCC)c(OCC)cc2[nH]1. The van der Waals surface area contributed by atoms with Crippen LogP contribution in [-0.2, 0) is 6.42 Å². The maximum Gasteiger partial charge on any atom is 0.189 e. The fourth-order valence-electron chi connectivity index (χ4n) is 2.25. The minimum absolute atomic E-state index is 0.0196. The van der Waals surface area contributed by atoms with Gasteiger partial charge in [-0.25, -0.2) is 0 Å². The van der Waals surface area contributed by atoms with Crippen LogP contribution in [0.25, 0.3) is 10.9 Å². The first-order valence-corrected chi connectivity index (χ1v) is 7.15. The van der Waals surface area contributed by atoms with Crippen molar-refractivity contribution in [1.29, 1.82) is 0 Å². The number of pyridine rings is 1. The Morgan fingerprint density at radius 2 is 1.65 bits per heavy atom. The number of nitrogens with one attached hydrogen (secondary N) is 1. The van der Waals surface area contributed by atoms with Gasteiger partial charge in [0.05, 0.1) is 18.7 Å². The standard InChI is InChI=1S/C16H21NO3/c1-4-7-11-8-14(18)12-9-15(19-5-2)16(20-6-3)10-13(12)17-11/h8-10H,4-7H2,1-3H3,(H,17,18). The molecule has 20 heavy (non-hydrogen) atoms. The number of hydrogen-bond donors (Lipinski definition) is 1. The molecule has 1 N–H and O–H groups in total. The van der Waals surface area contributed by atoms with E-state index < -0.39 is 0 Å². The molecule has 108 valence electrons. The summed E-state index contributed by atoms with van der Waals surface area (Å²) >= 11 is 0. The Morgan fingerprint density at radius 1 is 1.00 bits per heavy atom. The van der Waals surface area contributed by atoms with Crippen molar-refractivity contribution in [2.45, 2.75) is 33.6 Å². The molecule has 0 aliphatic carbocycles. The van der Waals surface area contributed by atoms with Crippen LogP contribution in [0.2, 0.25) is 0 Å². The summed E-state index contributed by atoms with van der Waals surface area (Å²) in [7, 11) is 0. The Kier molecular flexibility index (Phi) is 4.66. The second-order valence-electron chi connectivity index (χ2n) is 4.62. The number of ether oxygens (including phenoxy) is 2. The number of fused-ring (bicyclic) bond motifs is 1. The third-order valence-corrected chi connectivity index (χ3v) is 3.07. The molecule has 0 fully saturated rings. The average Bonchev–Trinajstić information content (AvgIpc) is 2.41. The largest absolute Gasteiger partial charge is 0.490 e. The van der Waals surface area contributed by atoms with Gasteiger partial charge >= 0.3 is 0 Å². The van der Waals surface area contributed by atoms with Crippen molar-refractivity contribution in [3.8, 4) is 11.5 Å². The number of aromatic nitrogens is 1. The van der Waals surface area contributed by atoms with Gasteiger partial charge in [0.2, 0.25) is 0 Å². The second kappa shape index (κ2) is 6.46. The predicted molar refractivity (Wildman–Crippen MR) is 80.9 cm³/mol. The van der Waals surface area contributed by atoms with E-state index in [-0.39, 0.29) is 5.43 Å². The highest BCUT2D eigenvalue weighted by Crippen LogP contribution is 2.31. The summed E-state index contributed by atoms with van der Waals surface area (Å²) < 4.78 is 11.1. The van der Waals surface area contributed by atoms with Gasteiger partial charge in [0.25, 0.3) is 0 Å². The van der Waals surface area contributed by atoms with Gasteiger partial charge in [-0.15, -0.1) is 0 Å². The molecule has 4 nitrogen and oxygen atoms in total. The smallest absolute Gasteiger partial charge is 0.189 e. The molecule has 0 amide bonds. The van der Waals surface area contributed by atoms with Gasteiger partial charge in [-0.05, 0) is 26.3 Å². The van der Waals surface area contributed by atoms with E-state index in [1.807, 2.05) is 19.9 Å². The van der Waals surface area contributed by atoms with Crippen LogP contribution in [0.5, 0.6) is 11.5 Å². The summed E-state index contributed by atoms with van der Waals surface area (Å²) in [5, 5.41) is 0.636. The van der Waals surface area contributed by atoms with Crippen LogP contribution in [-0.4, -0.2) is 18.2 Å². The quantitative estimate of drug-likeness (QED) is 0.880. The first-order valence-electron chi connectivity index (χ1n) is 7.15. The van der Waals surface area contributed by atoms with E-state index in [1.54, 1.807) is 12.1 Å². The lowest BCUT2D eigenvalue weighted by Gasteiger charge is -2.12. The van der Waals surface area contributed by atoms with Gasteiger partial charge in [-0.1, -0.05) is 13.3 Å². The molecular formula is C16H21NO3. The lowest BCUT2D eigenvalue weighted by Crippen LogP contribution is -2.07. The topological polar surface area (TPSA) is 51.3 Å². The van der Waals surface area contributed by atoms with Gasteiger partial charge in [-0.3, -0.25) is 4.79 Å². The molecule has 0 saturated carbocycles. The molecule has 0 aliphatic rings. The lowest BCUT2D eigenvalue weighted by molar-refractivity contribution is 0.288. The number of aromatic amines is 1. The molecule has 2 rings (SSSR count). The number of hydrogen-bond acceptors (Lipinski definition) is 3. The normalized spacial score (nSPS) is 10.8. The monoisotopic (exact) mass is 275 g/mol. The third kappa shape index (κ3) is 2.95. The number of rotatable bonds is 6. The van der Waals surface area contributed by atoms with Gasteiger partial charge in [0.15, 0.2) is 16.9 Å². The molecule has 0 atom stereocenters. The van der Waals surface area contributed by atoms with E-state index >= 15 is 0 Å². The predicted octanol–water partition coefficient (Wildman–Crippen LogP) is 3.28. The van der Waals surface area contributed by atoms with Crippen molar-refractivity contribution in [3.05, 3.63) is 34.1 Å². The van der Waals surface area contributed by atoms with E-state index in [0.29, 0.717) is 30.1 Å². The summed E-state index contributed by atoms with van der Waals surface area (Å²) in [6.45, 7) is 7.03. The highest BCUT2D eigenvalue weighted by molar-refractivity contribution is 5.82. The molecule has 0 saturated heterocycles. The number of H-pyrrole nitrogens is 1. The first kappa shape index (κ1) is 14.4. The zero-order chi connectivity index (χ0) is 14.5. The Hall–Kier alpha value is -1.97. The first-order chi connectivity index (χ1) is 9.69. The van der Waals surface area contributed by atoms with Gasteiger partial charge in [0.1, 0.15) is 0 Å². The third-order valence-electron chi connectivity index (χ3n) is 3.07. The van der Waals surface area contributed by atoms with Crippen LogP contribution < -0.4 is 14.9 Å². The molecule has 0 bridgehead atoms. The van der Waals surface area contributed by atoms with E-state index in [1.165, 1.54) is 0 Å². The summed E-state index contributed by atoms with van der Waals surface area (Å²) in [5.74, 6) is 1.29.